The summed E-state index contributed by atoms with van der Waals surface area (Å²) < 4.78 is 34.4. The van der Waals surface area contributed by atoms with Gasteiger partial charge < -0.3 is 14.6 Å². The lowest BCUT2D eigenvalue weighted by molar-refractivity contribution is 0.0928. The van der Waals surface area contributed by atoms with Gasteiger partial charge in [0, 0.05) is 25.1 Å². The molecule has 0 bridgehead atoms. The third kappa shape index (κ3) is 3.72. The van der Waals surface area contributed by atoms with Gasteiger partial charge in [-0.25, -0.2) is 8.78 Å². The second-order valence-electron chi connectivity index (χ2n) is 5.72. The molecule has 0 aliphatic heterocycles. The van der Waals surface area contributed by atoms with Gasteiger partial charge in [-0.05, 0) is 36.8 Å². The van der Waals surface area contributed by atoms with Crippen LogP contribution in [0.1, 0.15) is 20.9 Å². The van der Waals surface area contributed by atoms with Gasteiger partial charge in [-0.1, -0.05) is 6.07 Å². The van der Waals surface area contributed by atoms with Crippen LogP contribution < -0.4 is 5.32 Å². The molecular formula is C18H18F2N2O2S. The van der Waals surface area contributed by atoms with Crippen LogP contribution in [-0.2, 0) is 11.3 Å². The molecule has 0 saturated carbocycles. The summed E-state index contributed by atoms with van der Waals surface area (Å²) in [5, 5.41) is 2.80. The van der Waals surface area contributed by atoms with Crippen LogP contribution in [0.2, 0.25) is 0 Å². The van der Waals surface area contributed by atoms with E-state index in [-0.39, 0.29) is 12.5 Å². The molecular weight excluding hydrogens is 346 g/mol. The average Bonchev–Trinajstić information content (AvgIpc) is 3.08. The van der Waals surface area contributed by atoms with Gasteiger partial charge in [0.05, 0.1) is 16.8 Å². The Kier molecular flexibility index (Phi) is 5.15. The highest BCUT2D eigenvalue weighted by Crippen LogP contribution is 2.29. The molecule has 0 atom stereocenters. The molecule has 7 heteroatoms. The van der Waals surface area contributed by atoms with Crippen LogP contribution in [0, 0.1) is 18.6 Å². The summed E-state index contributed by atoms with van der Waals surface area (Å²) in [7, 11) is 1.57. The predicted molar refractivity (Wildman–Crippen MR) is 94.2 cm³/mol. The molecule has 1 aromatic carbocycles. The van der Waals surface area contributed by atoms with Crippen LogP contribution in [0.5, 0.6) is 0 Å². The number of carbonyl (C=O) groups is 1. The molecule has 0 spiro atoms. The second-order valence-corrected chi connectivity index (χ2v) is 7.01. The number of methoxy groups -OCH3 is 1. The maximum atomic E-state index is 13.5. The maximum Gasteiger partial charge on any atom is 0.268 e. The summed E-state index contributed by atoms with van der Waals surface area (Å²) in [5.41, 5.74) is 1.98. The number of halogens is 2. The lowest BCUT2D eigenvalue weighted by atomic mass is 10.2. The summed E-state index contributed by atoms with van der Waals surface area (Å²) in [4.78, 5) is 13.6. The topological polar surface area (TPSA) is 43.3 Å². The van der Waals surface area contributed by atoms with Crippen molar-refractivity contribution in [2.45, 2.75) is 13.5 Å². The third-order valence-electron chi connectivity index (χ3n) is 3.86. The van der Waals surface area contributed by atoms with Gasteiger partial charge in [0.25, 0.3) is 5.91 Å². The second kappa shape index (κ2) is 7.33. The Morgan fingerprint density at radius 2 is 2.04 bits per heavy atom. The first-order chi connectivity index (χ1) is 12.0. The van der Waals surface area contributed by atoms with Crippen molar-refractivity contribution in [3.05, 3.63) is 58.1 Å². The number of aryl methyl sites for hydroxylation is 1. The number of ether oxygens (including phenoxy) is 1. The number of nitrogens with one attached hydrogen (secondary N) is 1. The highest BCUT2D eigenvalue weighted by atomic mass is 32.1. The van der Waals surface area contributed by atoms with Gasteiger partial charge in [0.15, 0.2) is 11.6 Å². The zero-order chi connectivity index (χ0) is 18.0. The molecule has 0 unspecified atom stereocenters. The Bertz CT molecular complexity index is 917. The number of carbonyl (C=O) groups excluding carboxylic acids is 1. The summed E-state index contributed by atoms with van der Waals surface area (Å²) in [6.45, 7) is 3.09. The summed E-state index contributed by atoms with van der Waals surface area (Å²) in [6, 6.07) is 7.60. The lowest BCUT2D eigenvalue weighted by Crippen LogP contribution is -2.29. The van der Waals surface area contributed by atoms with E-state index in [1.165, 1.54) is 6.07 Å². The van der Waals surface area contributed by atoms with Crippen molar-refractivity contribution < 1.29 is 18.3 Å². The number of nitrogens with zero attached hydrogens (tertiary/aromatic N) is 1. The van der Waals surface area contributed by atoms with Crippen molar-refractivity contribution in [1.29, 1.82) is 0 Å². The van der Waals surface area contributed by atoms with E-state index >= 15 is 0 Å². The van der Waals surface area contributed by atoms with Crippen molar-refractivity contribution in [3.8, 4) is 0 Å². The minimum Gasteiger partial charge on any atom is -0.383 e. The molecule has 0 aliphatic carbocycles. The summed E-state index contributed by atoms with van der Waals surface area (Å²) >= 11 is 1.59. The van der Waals surface area contributed by atoms with E-state index in [4.69, 9.17) is 4.74 Å². The third-order valence-corrected chi connectivity index (χ3v) is 4.85. The number of thiophene rings is 1. The van der Waals surface area contributed by atoms with Crippen LogP contribution in [0.3, 0.4) is 0 Å². The molecule has 4 nitrogen and oxygen atoms in total. The standard InChI is InChI=1S/C18H18F2N2O2S/c1-11-7-15-17(25-11)9-16(18(23)21-5-6-24-2)22(15)10-12-3-4-13(19)14(20)8-12/h3-4,7-9H,5-6,10H2,1-2H3,(H,21,23). The lowest BCUT2D eigenvalue weighted by Gasteiger charge is -2.11. The van der Waals surface area contributed by atoms with E-state index in [1.54, 1.807) is 18.4 Å². The maximum absolute atomic E-state index is 13.5. The predicted octanol–water partition coefficient (Wildman–Crippen LogP) is 3.71. The Labute approximate surface area is 148 Å². The molecule has 0 fully saturated rings. The molecule has 3 rings (SSSR count). The smallest absolute Gasteiger partial charge is 0.268 e. The zero-order valence-electron chi connectivity index (χ0n) is 13.9. The SMILES string of the molecule is COCCNC(=O)c1cc2sc(C)cc2n1Cc1ccc(F)c(F)c1. The van der Waals surface area contributed by atoms with Gasteiger partial charge in [0.1, 0.15) is 5.69 Å². The van der Waals surface area contributed by atoms with Crippen LogP contribution in [0.15, 0.2) is 30.3 Å². The van der Waals surface area contributed by atoms with E-state index < -0.39 is 11.6 Å². The van der Waals surface area contributed by atoms with Crippen LogP contribution in [0.25, 0.3) is 10.2 Å². The van der Waals surface area contributed by atoms with Gasteiger partial charge in [-0.2, -0.15) is 0 Å². The van der Waals surface area contributed by atoms with E-state index in [0.717, 1.165) is 27.2 Å². The van der Waals surface area contributed by atoms with E-state index in [0.29, 0.717) is 24.4 Å². The van der Waals surface area contributed by atoms with Gasteiger partial charge in [0.2, 0.25) is 0 Å². The van der Waals surface area contributed by atoms with Crippen molar-refractivity contribution >= 4 is 27.5 Å². The molecule has 2 aromatic heterocycles. The molecule has 2 heterocycles. The number of amides is 1. The normalized spacial score (nSPS) is 11.2. The van der Waals surface area contributed by atoms with Crippen molar-refractivity contribution in [1.82, 2.24) is 9.88 Å². The van der Waals surface area contributed by atoms with Crippen molar-refractivity contribution in [2.75, 3.05) is 20.3 Å². The Balaban J connectivity index is 1.96. The Hall–Kier alpha value is -2.25. The number of aromatic nitrogens is 1. The van der Waals surface area contributed by atoms with Crippen LogP contribution >= 0.6 is 11.3 Å². The summed E-state index contributed by atoms with van der Waals surface area (Å²) in [6.07, 6.45) is 0. The van der Waals surface area contributed by atoms with Crippen LogP contribution in [0.4, 0.5) is 8.78 Å². The highest BCUT2D eigenvalue weighted by molar-refractivity contribution is 7.19. The van der Waals surface area contributed by atoms with Crippen molar-refractivity contribution in [2.24, 2.45) is 0 Å². The number of rotatable bonds is 6. The minimum atomic E-state index is -0.895. The summed E-state index contributed by atoms with van der Waals surface area (Å²) in [5.74, 6) is -2.00. The monoisotopic (exact) mass is 364 g/mol. The molecule has 1 amide bonds. The molecule has 0 aliphatic rings. The highest BCUT2D eigenvalue weighted by Gasteiger charge is 2.18. The molecule has 3 aromatic rings. The number of fused-ring (bicyclic) bond motifs is 1. The Morgan fingerprint density at radius 3 is 2.76 bits per heavy atom. The fourth-order valence-electron chi connectivity index (χ4n) is 2.70. The first-order valence-electron chi connectivity index (χ1n) is 7.80. The molecule has 0 radical (unpaired) electrons. The van der Waals surface area contributed by atoms with Gasteiger partial charge in [-0.3, -0.25) is 4.79 Å². The van der Waals surface area contributed by atoms with E-state index in [2.05, 4.69) is 5.32 Å². The fraction of sp³-hybridized carbons (Fsp3) is 0.278. The zero-order valence-corrected chi connectivity index (χ0v) is 14.8. The minimum absolute atomic E-state index is 0.222. The van der Waals surface area contributed by atoms with E-state index in [9.17, 15) is 13.6 Å². The Morgan fingerprint density at radius 1 is 1.24 bits per heavy atom. The number of hydrogen-bond acceptors (Lipinski definition) is 3. The molecule has 0 saturated heterocycles. The molecule has 132 valence electrons. The fourth-order valence-corrected chi connectivity index (χ4v) is 3.66. The van der Waals surface area contributed by atoms with Crippen molar-refractivity contribution in [3.63, 3.8) is 0 Å². The first kappa shape index (κ1) is 17.6. The largest absolute Gasteiger partial charge is 0.383 e. The first-order valence-corrected chi connectivity index (χ1v) is 8.62. The number of hydrogen-bond donors (Lipinski definition) is 1. The molecule has 25 heavy (non-hydrogen) atoms. The van der Waals surface area contributed by atoms with Gasteiger partial charge in [-0.15, -0.1) is 11.3 Å². The van der Waals surface area contributed by atoms with E-state index in [1.807, 2.05) is 23.6 Å². The van der Waals surface area contributed by atoms with Crippen LogP contribution in [-0.4, -0.2) is 30.7 Å². The quantitative estimate of drug-likeness (QED) is 0.678. The number of benzene rings is 1. The average molecular weight is 364 g/mol. The van der Waals surface area contributed by atoms with Gasteiger partial charge >= 0.3 is 0 Å². The molecule has 1 N–H and O–H groups in total.